The van der Waals surface area contributed by atoms with E-state index in [0.29, 0.717) is 32.5 Å². The number of carbonyl (C=O) groups is 2. The van der Waals surface area contributed by atoms with E-state index in [-0.39, 0.29) is 24.6 Å². The maximum absolute atomic E-state index is 11.7. The van der Waals surface area contributed by atoms with Crippen molar-refractivity contribution in [1.82, 2.24) is 0 Å². The fourth-order valence-corrected chi connectivity index (χ4v) is 3.04. The van der Waals surface area contributed by atoms with Crippen LogP contribution in [0.1, 0.15) is 49.3 Å². The molecule has 0 radical (unpaired) electrons. The molecule has 0 fully saturated rings. The van der Waals surface area contributed by atoms with Gasteiger partial charge in [0, 0.05) is 31.6 Å². The number of anilines is 1. The molecule has 0 saturated carbocycles. The van der Waals surface area contributed by atoms with Crippen LogP contribution in [0.15, 0.2) is 12.1 Å². The largest absolute Gasteiger partial charge is 0.466 e. The van der Waals surface area contributed by atoms with Gasteiger partial charge in [0.1, 0.15) is 6.79 Å². The van der Waals surface area contributed by atoms with Crippen LogP contribution in [0.25, 0.3) is 0 Å². The van der Waals surface area contributed by atoms with Gasteiger partial charge >= 0.3 is 5.97 Å². The number of ether oxygens (including phenoxy) is 3. The summed E-state index contributed by atoms with van der Waals surface area (Å²) in [6.45, 7) is 5.01. The quantitative estimate of drug-likeness (QED) is 0.422. The van der Waals surface area contributed by atoms with Crippen LogP contribution < -0.4 is 5.32 Å². The number of nitrogens with one attached hydrogen (secondary N) is 1. The lowest BCUT2D eigenvalue weighted by molar-refractivity contribution is -0.143. The molecule has 0 aromatic heterocycles. The van der Waals surface area contributed by atoms with Crippen LogP contribution in [0.3, 0.4) is 0 Å². The number of aryl methyl sites for hydroxylation is 2. The molecule has 1 N–H and O–H groups in total. The number of carbonyl (C=O) groups excluding carboxylic acids is 2. The number of hydrogen-bond acceptors (Lipinski definition) is 5. The maximum atomic E-state index is 11.7. The van der Waals surface area contributed by atoms with E-state index in [9.17, 15) is 9.59 Å². The van der Waals surface area contributed by atoms with Crippen LogP contribution in [0, 0.1) is 0 Å². The normalized spacial score (nSPS) is 14.6. The van der Waals surface area contributed by atoms with Crippen molar-refractivity contribution >= 4 is 17.6 Å². The van der Waals surface area contributed by atoms with Gasteiger partial charge in [-0.25, -0.2) is 0 Å². The minimum atomic E-state index is -0.192. The highest BCUT2D eigenvalue weighted by atomic mass is 16.7. The second kappa shape index (κ2) is 9.53. The zero-order valence-corrected chi connectivity index (χ0v) is 15.2. The molecule has 0 bridgehead atoms. The molecule has 1 aromatic rings. The van der Waals surface area contributed by atoms with Gasteiger partial charge in [-0.15, -0.1) is 0 Å². The van der Waals surface area contributed by atoms with Gasteiger partial charge in [-0.05, 0) is 42.5 Å². The number of esters is 1. The topological polar surface area (TPSA) is 73.9 Å². The van der Waals surface area contributed by atoms with Gasteiger partial charge in [0.25, 0.3) is 0 Å². The SMILES string of the molecule is CCOC(=O)CCc1cc2c(cc1C(C)COCOC)NC(=O)CC2. The molecule has 1 unspecified atom stereocenters. The molecule has 0 aliphatic carbocycles. The Kier molecular flexibility index (Phi) is 7.40. The summed E-state index contributed by atoms with van der Waals surface area (Å²) in [7, 11) is 1.59. The predicted octanol–water partition coefficient (Wildman–Crippen LogP) is 2.79. The zero-order valence-electron chi connectivity index (χ0n) is 15.2. The molecule has 2 rings (SSSR count). The molecule has 1 atom stereocenters. The number of rotatable bonds is 9. The Morgan fingerprint density at radius 3 is 2.84 bits per heavy atom. The third-order valence-corrected chi connectivity index (χ3v) is 4.26. The third kappa shape index (κ3) is 5.54. The average Bonchev–Trinajstić information content (AvgIpc) is 2.59. The summed E-state index contributed by atoms with van der Waals surface area (Å²) in [5.41, 5.74) is 4.18. The molecule has 1 heterocycles. The van der Waals surface area contributed by atoms with E-state index in [1.54, 1.807) is 14.0 Å². The number of hydrogen-bond donors (Lipinski definition) is 1. The summed E-state index contributed by atoms with van der Waals surface area (Å²) >= 11 is 0. The lowest BCUT2D eigenvalue weighted by atomic mass is 9.89. The van der Waals surface area contributed by atoms with E-state index < -0.39 is 0 Å². The Bertz CT molecular complexity index is 614. The highest BCUT2D eigenvalue weighted by Crippen LogP contribution is 2.31. The van der Waals surface area contributed by atoms with E-state index in [4.69, 9.17) is 14.2 Å². The van der Waals surface area contributed by atoms with Crippen molar-refractivity contribution in [2.45, 2.75) is 45.4 Å². The Hall–Kier alpha value is -1.92. The van der Waals surface area contributed by atoms with Gasteiger partial charge in [-0.1, -0.05) is 13.0 Å². The summed E-state index contributed by atoms with van der Waals surface area (Å²) < 4.78 is 15.4. The van der Waals surface area contributed by atoms with Gasteiger partial charge in [-0.3, -0.25) is 9.59 Å². The summed E-state index contributed by atoms with van der Waals surface area (Å²) in [6.07, 6.45) is 2.18. The zero-order chi connectivity index (χ0) is 18.2. The molecular weight excluding hydrogens is 322 g/mol. The van der Waals surface area contributed by atoms with Gasteiger partial charge in [0.15, 0.2) is 0 Å². The van der Waals surface area contributed by atoms with Crippen molar-refractivity contribution < 1.29 is 23.8 Å². The van der Waals surface area contributed by atoms with Crippen LogP contribution >= 0.6 is 0 Å². The second-order valence-electron chi connectivity index (χ2n) is 6.24. The van der Waals surface area contributed by atoms with Crippen LogP contribution in [0.5, 0.6) is 0 Å². The predicted molar refractivity (Wildman–Crippen MR) is 94.6 cm³/mol. The molecular formula is C19H27NO5. The molecule has 6 heteroatoms. The number of benzene rings is 1. The van der Waals surface area contributed by atoms with Crippen molar-refractivity contribution in [2.75, 3.05) is 32.4 Å². The van der Waals surface area contributed by atoms with Gasteiger partial charge in [0.2, 0.25) is 5.91 Å². The van der Waals surface area contributed by atoms with Crippen LogP contribution in [0.2, 0.25) is 0 Å². The van der Waals surface area contributed by atoms with E-state index in [1.165, 1.54) is 0 Å². The monoisotopic (exact) mass is 349 g/mol. The maximum Gasteiger partial charge on any atom is 0.306 e. The average molecular weight is 349 g/mol. The van der Waals surface area contributed by atoms with Crippen molar-refractivity contribution in [3.63, 3.8) is 0 Å². The molecule has 0 spiro atoms. The molecule has 1 aliphatic heterocycles. The second-order valence-corrected chi connectivity index (χ2v) is 6.24. The number of methoxy groups -OCH3 is 1. The standard InChI is InChI=1S/C19H27NO5/c1-4-25-19(22)8-6-14-9-15-5-7-18(21)20-17(15)10-16(14)13(2)11-24-12-23-3/h9-10,13H,4-8,11-12H2,1-3H3,(H,20,21). The first kappa shape index (κ1) is 19.4. The molecule has 6 nitrogen and oxygen atoms in total. The van der Waals surface area contributed by atoms with E-state index in [1.807, 2.05) is 6.07 Å². The molecule has 1 aliphatic rings. The van der Waals surface area contributed by atoms with Gasteiger partial charge < -0.3 is 19.5 Å². The molecule has 25 heavy (non-hydrogen) atoms. The summed E-state index contributed by atoms with van der Waals surface area (Å²) in [5, 5.41) is 2.94. The highest BCUT2D eigenvalue weighted by molar-refractivity contribution is 5.94. The van der Waals surface area contributed by atoms with Gasteiger partial charge in [-0.2, -0.15) is 0 Å². The lowest BCUT2D eigenvalue weighted by Crippen LogP contribution is -2.20. The molecule has 1 aromatic carbocycles. The van der Waals surface area contributed by atoms with Crippen molar-refractivity contribution in [2.24, 2.45) is 0 Å². The fourth-order valence-electron chi connectivity index (χ4n) is 3.04. The van der Waals surface area contributed by atoms with E-state index in [0.717, 1.165) is 28.8 Å². The summed E-state index contributed by atoms with van der Waals surface area (Å²) in [6, 6.07) is 4.13. The first-order chi connectivity index (χ1) is 12.0. The third-order valence-electron chi connectivity index (χ3n) is 4.26. The van der Waals surface area contributed by atoms with E-state index in [2.05, 4.69) is 18.3 Å². The smallest absolute Gasteiger partial charge is 0.306 e. The van der Waals surface area contributed by atoms with Crippen LogP contribution in [-0.4, -0.2) is 39.0 Å². The van der Waals surface area contributed by atoms with Crippen molar-refractivity contribution in [3.8, 4) is 0 Å². The Labute approximate surface area is 148 Å². The van der Waals surface area contributed by atoms with Crippen LogP contribution in [0.4, 0.5) is 5.69 Å². The first-order valence-corrected chi connectivity index (χ1v) is 8.73. The van der Waals surface area contributed by atoms with E-state index >= 15 is 0 Å². The minimum Gasteiger partial charge on any atom is -0.466 e. The molecule has 0 saturated heterocycles. The Balaban J connectivity index is 2.21. The highest BCUT2D eigenvalue weighted by Gasteiger charge is 2.20. The first-order valence-electron chi connectivity index (χ1n) is 8.73. The minimum absolute atomic E-state index is 0.0426. The lowest BCUT2D eigenvalue weighted by Gasteiger charge is -2.23. The van der Waals surface area contributed by atoms with Crippen LogP contribution in [-0.2, 0) is 36.6 Å². The number of fused-ring (bicyclic) bond motifs is 1. The molecule has 1 amide bonds. The summed E-state index contributed by atoms with van der Waals surface area (Å²) in [5.74, 6) is -0.0276. The fraction of sp³-hybridized carbons (Fsp3) is 0.579. The van der Waals surface area contributed by atoms with Gasteiger partial charge in [0.05, 0.1) is 13.2 Å². The molecule has 138 valence electrons. The Morgan fingerprint density at radius 1 is 1.32 bits per heavy atom. The number of amides is 1. The Morgan fingerprint density at radius 2 is 2.12 bits per heavy atom. The summed E-state index contributed by atoms with van der Waals surface area (Å²) in [4.78, 5) is 23.4. The van der Waals surface area contributed by atoms with Crippen molar-refractivity contribution in [3.05, 3.63) is 28.8 Å². The van der Waals surface area contributed by atoms with Crippen molar-refractivity contribution in [1.29, 1.82) is 0 Å².